The van der Waals surface area contributed by atoms with Crippen molar-refractivity contribution in [2.45, 2.75) is 6.92 Å². The largest absolute Gasteiger partial charge is 0.470 e. The number of rotatable bonds is 5. The van der Waals surface area contributed by atoms with Gasteiger partial charge in [0.1, 0.15) is 5.76 Å². The third-order valence-electron chi connectivity index (χ3n) is 4.15. The van der Waals surface area contributed by atoms with Crippen LogP contribution in [0.5, 0.6) is 0 Å². The number of nitriles is 2. The number of benzene rings is 1. The van der Waals surface area contributed by atoms with Crippen molar-refractivity contribution in [1.29, 1.82) is 10.5 Å². The van der Waals surface area contributed by atoms with E-state index < -0.39 is 5.92 Å². The lowest BCUT2D eigenvalue weighted by atomic mass is 9.83. The van der Waals surface area contributed by atoms with Crippen molar-refractivity contribution in [2.24, 2.45) is 11.8 Å². The molecule has 1 heterocycles. The van der Waals surface area contributed by atoms with Crippen LogP contribution in [0.3, 0.4) is 0 Å². The fourth-order valence-electron chi connectivity index (χ4n) is 2.60. The minimum Gasteiger partial charge on any atom is -0.470 e. The summed E-state index contributed by atoms with van der Waals surface area (Å²) >= 11 is 0. The predicted molar refractivity (Wildman–Crippen MR) is 100 cm³/mol. The molecule has 0 radical (unpaired) electrons. The number of allylic oxidation sites excluding steroid dienone is 5. The summed E-state index contributed by atoms with van der Waals surface area (Å²) in [6.45, 7) is 5.83. The molecule has 0 spiro atoms. The maximum Gasteiger partial charge on any atom is 0.154 e. The summed E-state index contributed by atoms with van der Waals surface area (Å²) in [5.74, 6) is -0.317. The summed E-state index contributed by atoms with van der Waals surface area (Å²) in [6.07, 6.45) is 7.37. The molecule has 1 aromatic rings. The minimum atomic E-state index is -0.844. The van der Waals surface area contributed by atoms with Gasteiger partial charge in [-0.1, -0.05) is 30.9 Å². The van der Waals surface area contributed by atoms with Crippen LogP contribution in [0.2, 0.25) is 0 Å². The van der Waals surface area contributed by atoms with Gasteiger partial charge in [-0.2, -0.15) is 10.5 Å². The van der Waals surface area contributed by atoms with Crippen molar-refractivity contribution >= 4 is 11.8 Å². The maximum absolute atomic E-state index is 9.13. The van der Waals surface area contributed by atoms with E-state index >= 15 is 0 Å². The van der Waals surface area contributed by atoms with Gasteiger partial charge >= 0.3 is 0 Å². The number of hydrogen-bond acceptors (Lipinski definition) is 4. The zero-order chi connectivity index (χ0) is 18.4. The molecule has 0 saturated carbocycles. The molecule has 0 bridgehead atoms. The highest BCUT2D eigenvalue weighted by molar-refractivity contribution is 5.59. The van der Waals surface area contributed by atoms with Crippen LogP contribution in [0.1, 0.15) is 12.5 Å². The van der Waals surface area contributed by atoms with Crippen molar-refractivity contribution in [1.82, 2.24) is 0 Å². The van der Waals surface area contributed by atoms with Crippen LogP contribution in [0, 0.1) is 34.5 Å². The molecule has 0 aromatic heterocycles. The highest BCUT2D eigenvalue weighted by atomic mass is 16.5. The average molecular weight is 331 g/mol. The average Bonchev–Trinajstić information content (AvgIpc) is 2.61. The predicted octanol–water partition coefficient (Wildman–Crippen LogP) is 4.42. The van der Waals surface area contributed by atoms with E-state index in [9.17, 15) is 0 Å². The standard InChI is InChI=1S/C21H21N3O/c1-15(18(13-22)14-23)20-11-12-25-16(2)21(20)10-7-17-5-8-19(9-6-17)24(3)4/h5-12,18,20H,1H2,2-4H3. The van der Waals surface area contributed by atoms with Crippen molar-refractivity contribution < 1.29 is 4.74 Å². The number of anilines is 1. The second kappa shape index (κ2) is 8.04. The Hall–Kier alpha value is -3.24. The first-order chi connectivity index (χ1) is 12.0. The van der Waals surface area contributed by atoms with Gasteiger partial charge in [0.05, 0.1) is 18.4 Å². The molecule has 0 fully saturated rings. The van der Waals surface area contributed by atoms with Gasteiger partial charge < -0.3 is 9.64 Å². The molecule has 1 aliphatic rings. The Kier molecular flexibility index (Phi) is 5.82. The highest BCUT2D eigenvalue weighted by Gasteiger charge is 2.25. The Morgan fingerprint density at radius 3 is 2.40 bits per heavy atom. The van der Waals surface area contributed by atoms with Crippen molar-refractivity contribution in [2.75, 3.05) is 19.0 Å². The van der Waals surface area contributed by atoms with E-state index in [1.165, 1.54) is 0 Å². The first kappa shape index (κ1) is 18.1. The molecule has 0 amide bonds. The molecule has 4 nitrogen and oxygen atoms in total. The summed E-state index contributed by atoms with van der Waals surface area (Å²) in [5.41, 5.74) is 3.65. The zero-order valence-corrected chi connectivity index (χ0v) is 14.7. The quantitative estimate of drug-likeness (QED) is 0.749. The van der Waals surface area contributed by atoms with E-state index in [1.807, 2.05) is 68.4 Å². The summed E-state index contributed by atoms with van der Waals surface area (Å²) in [4.78, 5) is 2.05. The van der Waals surface area contributed by atoms with Gasteiger partial charge in [-0.3, -0.25) is 0 Å². The monoisotopic (exact) mass is 331 g/mol. The Bertz CT molecular complexity index is 800. The summed E-state index contributed by atoms with van der Waals surface area (Å²) in [7, 11) is 4.00. The fraction of sp³-hybridized carbons (Fsp3) is 0.238. The number of nitrogens with zero attached hydrogens (tertiary/aromatic N) is 3. The molecular weight excluding hydrogens is 310 g/mol. The lowest BCUT2D eigenvalue weighted by Crippen LogP contribution is -2.14. The molecule has 2 rings (SSSR count). The van der Waals surface area contributed by atoms with Crippen LogP contribution in [-0.2, 0) is 4.74 Å². The number of ether oxygens (including phenoxy) is 1. The lowest BCUT2D eigenvalue weighted by Gasteiger charge is -2.23. The third-order valence-corrected chi connectivity index (χ3v) is 4.15. The van der Waals surface area contributed by atoms with E-state index in [0.717, 1.165) is 22.6 Å². The molecule has 4 heteroatoms. The Morgan fingerprint density at radius 2 is 1.84 bits per heavy atom. The molecule has 0 saturated heterocycles. The van der Waals surface area contributed by atoms with Crippen LogP contribution in [0.25, 0.3) is 6.08 Å². The van der Waals surface area contributed by atoms with Crippen molar-refractivity contribution in [3.05, 3.63) is 71.7 Å². The molecular formula is C21H21N3O. The second-order valence-electron chi connectivity index (χ2n) is 6.02. The molecule has 0 N–H and O–H groups in total. The Balaban J connectivity index is 2.27. The first-order valence-corrected chi connectivity index (χ1v) is 7.95. The minimum absolute atomic E-state index is 0.213. The van der Waals surface area contributed by atoms with E-state index in [1.54, 1.807) is 6.26 Å². The van der Waals surface area contributed by atoms with Crippen LogP contribution in [0.15, 0.2) is 66.2 Å². The Labute approximate surface area is 149 Å². The first-order valence-electron chi connectivity index (χ1n) is 7.95. The van der Waals surface area contributed by atoms with Gasteiger partial charge in [0, 0.05) is 31.3 Å². The molecule has 0 aliphatic carbocycles. The normalized spacial score (nSPS) is 16.5. The van der Waals surface area contributed by atoms with E-state index in [0.29, 0.717) is 5.57 Å². The van der Waals surface area contributed by atoms with E-state index in [-0.39, 0.29) is 5.92 Å². The molecule has 1 aromatic carbocycles. The third kappa shape index (κ3) is 4.19. The zero-order valence-electron chi connectivity index (χ0n) is 14.7. The second-order valence-corrected chi connectivity index (χ2v) is 6.02. The highest BCUT2D eigenvalue weighted by Crippen LogP contribution is 2.33. The van der Waals surface area contributed by atoms with Gasteiger partial charge in [-0.15, -0.1) is 0 Å². The van der Waals surface area contributed by atoms with Gasteiger partial charge in [0.15, 0.2) is 5.92 Å². The van der Waals surface area contributed by atoms with Gasteiger partial charge in [0.2, 0.25) is 0 Å². The summed E-state index contributed by atoms with van der Waals surface area (Å²) in [5, 5.41) is 18.3. The Morgan fingerprint density at radius 1 is 1.20 bits per heavy atom. The molecule has 1 atom stereocenters. The molecule has 25 heavy (non-hydrogen) atoms. The van der Waals surface area contributed by atoms with Gasteiger partial charge in [-0.05, 0) is 36.3 Å². The lowest BCUT2D eigenvalue weighted by molar-refractivity contribution is 0.332. The van der Waals surface area contributed by atoms with Gasteiger partial charge in [-0.25, -0.2) is 0 Å². The van der Waals surface area contributed by atoms with Crippen LogP contribution < -0.4 is 4.90 Å². The molecule has 1 unspecified atom stereocenters. The smallest absolute Gasteiger partial charge is 0.154 e. The maximum atomic E-state index is 9.13. The number of hydrogen-bond donors (Lipinski definition) is 0. The van der Waals surface area contributed by atoms with Gasteiger partial charge in [0.25, 0.3) is 0 Å². The van der Waals surface area contributed by atoms with Crippen molar-refractivity contribution in [3.63, 3.8) is 0 Å². The van der Waals surface area contributed by atoms with Crippen LogP contribution in [-0.4, -0.2) is 14.1 Å². The fourth-order valence-corrected chi connectivity index (χ4v) is 2.60. The molecule has 126 valence electrons. The molecule has 1 aliphatic heterocycles. The van der Waals surface area contributed by atoms with Crippen molar-refractivity contribution in [3.8, 4) is 12.1 Å². The van der Waals surface area contributed by atoms with Crippen LogP contribution >= 0.6 is 0 Å². The SMILES string of the molecule is C=C(C(C#N)C#N)C1C=COC(C)=C1C=Cc1ccc(N(C)C)cc1. The summed E-state index contributed by atoms with van der Waals surface area (Å²) < 4.78 is 5.49. The summed E-state index contributed by atoms with van der Waals surface area (Å²) in [6, 6.07) is 12.2. The van der Waals surface area contributed by atoms with E-state index in [2.05, 4.69) is 18.7 Å². The van der Waals surface area contributed by atoms with Crippen LogP contribution in [0.4, 0.5) is 5.69 Å². The topological polar surface area (TPSA) is 60.1 Å². The van der Waals surface area contributed by atoms with E-state index in [4.69, 9.17) is 15.3 Å².